The van der Waals surface area contributed by atoms with Crippen molar-refractivity contribution < 1.29 is 73.8 Å². The zero-order chi connectivity index (χ0) is 51.8. The van der Waals surface area contributed by atoms with Crippen LogP contribution in [0.5, 0.6) is 5.75 Å². The molecule has 2 aromatic rings. The molecule has 0 fully saturated rings. The van der Waals surface area contributed by atoms with Crippen molar-refractivity contribution in [3.05, 3.63) is 48.0 Å². The van der Waals surface area contributed by atoms with Gasteiger partial charge in [-0.3, -0.25) is 38.4 Å². The summed E-state index contributed by atoms with van der Waals surface area (Å²) in [6.07, 6.45) is 0.841. The van der Waals surface area contributed by atoms with Gasteiger partial charge in [-0.15, -0.1) is 0 Å². The molecule has 0 bridgehead atoms. The van der Waals surface area contributed by atoms with Gasteiger partial charge in [-0.2, -0.15) is 25.3 Å². The third kappa shape index (κ3) is 19.8. The SMILES string of the molecule is C[C@@H](O)[C@H](NC(=O)[C@H](CO)NC(=O)[C@H](CCCCN)NC(=O)[C@H](Cc1cnc[nH]1)NC(=O)[C@H](CO)NC(=O)[C@H](CO)NC(=O)[C@@H](N)CS)C(=O)N[C@@H](Cc1ccc(O)cc1)C(=O)N[C@@H](CS)C(=O)O. The molecule has 8 amide bonds. The van der Waals surface area contributed by atoms with Crippen LogP contribution in [-0.4, -0.2) is 192 Å². The van der Waals surface area contributed by atoms with Crippen LogP contribution in [-0.2, 0) is 56.0 Å². The first-order valence-electron chi connectivity index (χ1n) is 21.3. The lowest BCUT2D eigenvalue weighted by molar-refractivity contribution is -0.141. The van der Waals surface area contributed by atoms with Crippen molar-refractivity contribution in [2.75, 3.05) is 37.9 Å². The van der Waals surface area contributed by atoms with Crippen LogP contribution >= 0.6 is 25.3 Å². The van der Waals surface area contributed by atoms with Crippen LogP contribution in [0.4, 0.5) is 0 Å². The van der Waals surface area contributed by atoms with Gasteiger partial charge in [0.25, 0.3) is 0 Å². The van der Waals surface area contributed by atoms with Crippen molar-refractivity contribution in [2.24, 2.45) is 11.5 Å². The molecule has 1 aromatic heterocycles. The largest absolute Gasteiger partial charge is 0.508 e. The van der Waals surface area contributed by atoms with Gasteiger partial charge >= 0.3 is 5.97 Å². The van der Waals surface area contributed by atoms with Crippen molar-refractivity contribution in [1.29, 1.82) is 0 Å². The number of carboxylic acid groups (broad SMARTS) is 1. The van der Waals surface area contributed by atoms with Crippen LogP contribution in [0.3, 0.4) is 0 Å². The quantitative estimate of drug-likeness (QED) is 0.0246. The summed E-state index contributed by atoms with van der Waals surface area (Å²) in [5.74, 6) is -10.4. The first-order chi connectivity index (χ1) is 32.7. The number of benzene rings is 1. The maximum Gasteiger partial charge on any atom is 0.327 e. The van der Waals surface area contributed by atoms with E-state index in [4.69, 9.17) is 11.5 Å². The summed E-state index contributed by atoms with van der Waals surface area (Å²) in [4.78, 5) is 125. The number of hydrogen-bond acceptors (Lipinski definition) is 19. The number of unbranched alkanes of at least 4 members (excludes halogenated alkanes) is 1. The zero-order valence-corrected chi connectivity index (χ0v) is 39.2. The number of aliphatic carboxylic acids is 1. The van der Waals surface area contributed by atoms with E-state index in [0.29, 0.717) is 17.7 Å². The molecule has 27 nitrogen and oxygen atoms in total. The van der Waals surface area contributed by atoms with E-state index in [-0.39, 0.29) is 49.5 Å². The van der Waals surface area contributed by atoms with Gasteiger partial charge in [-0.25, -0.2) is 9.78 Å². The molecule has 10 atom stereocenters. The highest BCUT2D eigenvalue weighted by Gasteiger charge is 2.36. The van der Waals surface area contributed by atoms with E-state index in [2.05, 4.69) is 77.8 Å². The summed E-state index contributed by atoms with van der Waals surface area (Å²) in [5, 5.41) is 78.0. The third-order valence-electron chi connectivity index (χ3n) is 10.0. The summed E-state index contributed by atoms with van der Waals surface area (Å²) in [5.41, 5.74) is 12.0. The van der Waals surface area contributed by atoms with Gasteiger partial charge in [0.2, 0.25) is 47.3 Å². The summed E-state index contributed by atoms with van der Waals surface area (Å²) in [6, 6.07) is -8.73. The maximum atomic E-state index is 13.9. The molecule has 29 heteroatoms. The highest BCUT2D eigenvalue weighted by atomic mass is 32.1. The minimum Gasteiger partial charge on any atom is -0.508 e. The second-order valence-corrected chi connectivity index (χ2v) is 16.2. The second-order valence-electron chi connectivity index (χ2n) is 15.4. The number of rotatable bonds is 31. The molecule has 0 spiro atoms. The van der Waals surface area contributed by atoms with Crippen molar-refractivity contribution in [3.8, 4) is 5.75 Å². The molecular formula is C40H62N12O15S2. The number of hydrogen-bond donors (Lipinski definition) is 19. The van der Waals surface area contributed by atoms with Crippen LogP contribution in [0.25, 0.3) is 0 Å². The Labute approximate surface area is 406 Å². The molecular weight excluding hydrogens is 953 g/mol. The van der Waals surface area contributed by atoms with Crippen molar-refractivity contribution in [2.45, 2.75) is 99.5 Å². The number of phenolic OH excluding ortho intramolecular Hbond substituents is 1. The average Bonchev–Trinajstić information content (AvgIpc) is 3.84. The Balaban J connectivity index is 2.32. The Bertz CT molecular complexity index is 2020. The number of H-pyrrole nitrogens is 1. The fourth-order valence-electron chi connectivity index (χ4n) is 6.08. The van der Waals surface area contributed by atoms with Crippen LogP contribution in [0.15, 0.2) is 36.8 Å². The number of nitrogens with one attached hydrogen (secondary N) is 9. The van der Waals surface area contributed by atoms with Crippen LogP contribution < -0.4 is 54.0 Å². The number of imidazole rings is 1. The molecule has 0 aliphatic carbocycles. The van der Waals surface area contributed by atoms with Crippen molar-refractivity contribution in [3.63, 3.8) is 0 Å². The van der Waals surface area contributed by atoms with Gasteiger partial charge in [0, 0.05) is 36.2 Å². The molecule has 0 unspecified atom stereocenters. The molecule has 2 rings (SSSR count). The van der Waals surface area contributed by atoms with E-state index in [0.717, 1.165) is 6.92 Å². The molecule has 0 radical (unpaired) electrons. The number of thiol groups is 2. The monoisotopic (exact) mass is 1010 g/mol. The van der Waals surface area contributed by atoms with Gasteiger partial charge in [0.15, 0.2) is 0 Å². The van der Waals surface area contributed by atoms with Crippen molar-refractivity contribution in [1.82, 2.24) is 52.5 Å². The minimum absolute atomic E-state index is 0.0991. The first-order valence-corrected chi connectivity index (χ1v) is 22.6. The lowest BCUT2D eigenvalue weighted by Gasteiger charge is -2.28. The Kier molecular flexibility index (Phi) is 26.0. The lowest BCUT2D eigenvalue weighted by atomic mass is 10.0. The Morgan fingerprint density at radius 2 is 1.07 bits per heavy atom. The van der Waals surface area contributed by atoms with Gasteiger partial charge in [0.1, 0.15) is 54.1 Å². The van der Waals surface area contributed by atoms with Gasteiger partial charge in [-0.1, -0.05) is 12.1 Å². The fourth-order valence-corrected chi connectivity index (χ4v) is 6.49. The summed E-state index contributed by atoms with van der Waals surface area (Å²) in [6.45, 7) is -1.75. The lowest BCUT2D eigenvalue weighted by Crippen LogP contribution is -2.62. The van der Waals surface area contributed by atoms with E-state index in [1.807, 2.05) is 0 Å². The predicted molar refractivity (Wildman–Crippen MR) is 249 cm³/mol. The number of carboxylic acids is 1. The van der Waals surface area contributed by atoms with Gasteiger partial charge in [0.05, 0.1) is 38.3 Å². The molecule has 384 valence electrons. The molecule has 69 heavy (non-hydrogen) atoms. The molecule has 0 aliphatic rings. The summed E-state index contributed by atoms with van der Waals surface area (Å²) < 4.78 is 0. The molecule has 1 aromatic carbocycles. The standard InChI is InChI=1S/C40H62N12O15S2/c1-19(56)31(39(65)47-25(10-20-5-7-22(57)8-6-20)34(60)51-30(17-69)40(66)67)52-38(64)29(15-55)49-33(59)24(4-2-3-9-41)45-35(61)26(11-21-12-43-18-44-21)46-36(62)28(14-54)50-37(63)27(13-53)48-32(58)23(42)16-68/h5-8,12,18-19,23-31,53-57,68-69H,2-4,9-11,13-17,41-42H2,1H3,(H,43,44)(H,45,61)(H,46,62)(H,47,65)(H,48,58)(H,49,59)(H,50,63)(H,51,60)(H,52,64)(H,66,67)/t19-,23+,24+,25+,26+,27+,28+,29+,30+,31+/m1/s1. The Morgan fingerprint density at radius 1 is 0.623 bits per heavy atom. The Morgan fingerprint density at radius 3 is 1.54 bits per heavy atom. The number of carbonyl (C=O) groups excluding carboxylic acids is 8. The summed E-state index contributed by atoms with van der Waals surface area (Å²) in [7, 11) is 0. The Hall–Kier alpha value is -6.08. The van der Waals surface area contributed by atoms with Gasteiger partial charge < -0.3 is 89.6 Å². The number of aliphatic hydroxyl groups excluding tert-OH is 4. The maximum absolute atomic E-state index is 13.9. The number of aromatic hydroxyl groups is 1. The smallest absolute Gasteiger partial charge is 0.327 e. The number of aliphatic hydroxyl groups is 4. The predicted octanol–water partition coefficient (Wildman–Crippen LogP) is -7.46. The summed E-state index contributed by atoms with van der Waals surface area (Å²) >= 11 is 7.83. The number of carbonyl (C=O) groups is 9. The number of nitrogens with two attached hydrogens (primary N) is 2. The van der Waals surface area contributed by atoms with Crippen LogP contribution in [0.1, 0.15) is 37.4 Å². The number of aromatic nitrogens is 2. The molecule has 19 N–H and O–H groups in total. The highest BCUT2D eigenvalue weighted by Crippen LogP contribution is 2.13. The van der Waals surface area contributed by atoms with E-state index in [1.165, 1.54) is 36.8 Å². The van der Waals surface area contributed by atoms with E-state index in [1.54, 1.807) is 0 Å². The normalized spacial score (nSPS) is 15.4. The second kappa shape index (κ2) is 30.4. The van der Waals surface area contributed by atoms with E-state index < -0.39 is 134 Å². The fraction of sp³-hybridized carbons (Fsp3) is 0.550. The molecule has 0 aliphatic heterocycles. The first kappa shape index (κ1) is 59.0. The van der Waals surface area contributed by atoms with Crippen LogP contribution in [0, 0.1) is 0 Å². The highest BCUT2D eigenvalue weighted by molar-refractivity contribution is 7.80. The van der Waals surface area contributed by atoms with Crippen LogP contribution in [0.2, 0.25) is 0 Å². The van der Waals surface area contributed by atoms with E-state index >= 15 is 0 Å². The number of phenols is 1. The van der Waals surface area contributed by atoms with Crippen molar-refractivity contribution >= 4 is 78.5 Å². The number of nitrogens with zero attached hydrogens (tertiary/aromatic N) is 1. The molecule has 0 saturated carbocycles. The number of aromatic amines is 1. The number of amides is 8. The molecule has 1 heterocycles. The minimum atomic E-state index is -1.84. The third-order valence-corrected chi connectivity index (χ3v) is 10.8. The average molecular weight is 1020 g/mol. The zero-order valence-electron chi connectivity index (χ0n) is 37.4. The van der Waals surface area contributed by atoms with Gasteiger partial charge in [-0.05, 0) is 50.4 Å². The molecule has 0 saturated heterocycles. The topological polar surface area (TPSA) is 452 Å². The van der Waals surface area contributed by atoms with E-state index in [9.17, 15) is 73.8 Å².